The monoisotopic (exact) mass is 211 g/mol. The van der Waals surface area contributed by atoms with E-state index in [4.69, 9.17) is 5.73 Å². The summed E-state index contributed by atoms with van der Waals surface area (Å²) in [5.74, 6) is 0. The summed E-state index contributed by atoms with van der Waals surface area (Å²) in [5.41, 5.74) is 7.24. The van der Waals surface area contributed by atoms with E-state index in [9.17, 15) is 5.11 Å². The van der Waals surface area contributed by atoms with Crippen LogP contribution >= 0.6 is 0 Å². The van der Waals surface area contributed by atoms with Gasteiger partial charge in [-0.3, -0.25) is 4.68 Å². The molecular weight excluding hydrogens is 190 g/mol. The van der Waals surface area contributed by atoms with Crippen LogP contribution in [0.15, 0.2) is 6.20 Å². The quantitative estimate of drug-likeness (QED) is 0.787. The van der Waals surface area contributed by atoms with E-state index in [1.165, 1.54) is 0 Å². The highest BCUT2D eigenvalue weighted by Gasteiger charge is 2.25. The molecule has 1 rings (SSSR count). The van der Waals surface area contributed by atoms with Gasteiger partial charge in [0.05, 0.1) is 11.8 Å². The maximum atomic E-state index is 9.94. The maximum absolute atomic E-state index is 9.94. The lowest BCUT2D eigenvalue weighted by Crippen LogP contribution is -2.17. The first-order valence-corrected chi connectivity index (χ1v) is 5.28. The highest BCUT2D eigenvalue weighted by atomic mass is 16.3. The second-order valence-electron chi connectivity index (χ2n) is 4.95. The van der Waals surface area contributed by atoms with Crippen LogP contribution in [0.4, 0.5) is 0 Å². The molecule has 0 aliphatic heterocycles. The molecule has 1 atom stereocenters. The first-order valence-electron chi connectivity index (χ1n) is 5.28. The van der Waals surface area contributed by atoms with Crippen molar-refractivity contribution in [3.05, 3.63) is 17.5 Å². The van der Waals surface area contributed by atoms with Gasteiger partial charge in [0.25, 0.3) is 0 Å². The van der Waals surface area contributed by atoms with Gasteiger partial charge in [-0.25, -0.2) is 0 Å². The van der Waals surface area contributed by atoms with E-state index in [0.717, 1.165) is 11.3 Å². The Hall–Kier alpha value is -0.870. The summed E-state index contributed by atoms with van der Waals surface area (Å²) in [6, 6.07) is 0. The minimum atomic E-state index is -0.502. The van der Waals surface area contributed by atoms with Crippen LogP contribution in [-0.4, -0.2) is 21.4 Å². The molecule has 86 valence electrons. The van der Waals surface area contributed by atoms with Crippen molar-refractivity contribution < 1.29 is 5.11 Å². The Balaban J connectivity index is 3.06. The molecule has 15 heavy (non-hydrogen) atoms. The summed E-state index contributed by atoms with van der Waals surface area (Å²) >= 11 is 0. The Kier molecular flexibility index (Phi) is 3.52. The number of aliphatic hydroxyl groups is 1. The maximum Gasteiger partial charge on any atom is 0.0835 e. The predicted molar refractivity (Wildman–Crippen MR) is 60.5 cm³/mol. The second-order valence-corrected chi connectivity index (χ2v) is 4.95. The normalized spacial score (nSPS) is 14.3. The van der Waals surface area contributed by atoms with Gasteiger partial charge in [0, 0.05) is 24.2 Å². The molecule has 1 aromatic rings. The first kappa shape index (κ1) is 12.2. The molecule has 0 unspecified atom stereocenters. The molecule has 0 saturated heterocycles. The molecule has 0 fully saturated rings. The van der Waals surface area contributed by atoms with Crippen LogP contribution in [0, 0.1) is 0 Å². The van der Waals surface area contributed by atoms with Gasteiger partial charge in [0.15, 0.2) is 0 Å². The van der Waals surface area contributed by atoms with Gasteiger partial charge in [-0.05, 0) is 13.0 Å². The van der Waals surface area contributed by atoms with Gasteiger partial charge in [-0.1, -0.05) is 20.8 Å². The fraction of sp³-hybridized carbons (Fsp3) is 0.727. The zero-order valence-electron chi connectivity index (χ0n) is 9.99. The predicted octanol–water partition coefficient (Wildman–Crippen LogP) is 1.10. The summed E-state index contributed by atoms with van der Waals surface area (Å²) in [6.45, 7) is 6.76. The molecular formula is C11H21N3O. The van der Waals surface area contributed by atoms with E-state index in [2.05, 4.69) is 25.9 Å². The zero-order chi connectivity index (χ0) is 11.6. The molecule has 0 aliphatic carbocycles. The number of aromatic nitrogens is 2. The van der Waals surface area contributed by atoms with Crippen molar-refractivity contribution in [1.29, 1.82) is 0 Å². The first-order chi connectivity index (χ1) is 6.86. The summed E-state index contributed by atoms with van der Waals surface area (Å²) in [4.78, 5) is 0. The second kappa shape index (κ2) is 4.33. The molecule has 0 aliphatic rings. The van der Waals surface area contributed by atoms with Crippen LogP contribution in [-0.2, 0) is 12.5 Å². The average Bonchev–Trinajstić information content (AvgIpc) is 2.47. The lowest BCUT2D eigenvalue weighted by molar-refractivity contribution is 0.168. The SMILES string of the molecule is Cn1cc([C@@H](O)CCN)c(C(C)(C)C)n1. The summed E-state index contributed by atoms with van der Waals surface area (Å²) < 4.78 is 1.75. The third-order valence-electron chi connectivity index (χ3n) is 2.37. The standard InChI is InChI=1S/C11H21N3O/c1-11(2,3)10-8(7-14(4)13-10)9(15)5-6-12/h7,9,15H,5-6,12H2,1-4H3/t9-/m0/s1. The summed E-state index contributed by atoms with van der Waals surface area (Å²) in [5, 5.41) is 14.3. The van der Waals surface area contributed by atoms with E-state index in [1.54, 1.807) is 4.68 Å². The topological polar surface area (TPSA) is 64.1 Å². The number of aliphatic hydroxyl groups excluding tert-OH is 1. The van der Waals surface area contributed by atoms with Crippen LogP contribution in [0.5, 0.6) is 0 Å². The zero-order valence-corrected chi connectivity index (χ0v) is 9.99. The van der Waals surface area contributed by atoms with Crippen LogP contribution in [0.25, 0.3) is 0 Å². The minimum absolute atomic E-state index is 0.0494. The number of nitrogens with zero attached hydrogens (tertiary/aromatic N) is 2. The lowest BCUT2D eigenvalue weighted by atomic mass is 9.87. The van der Waals surface area contributed by atoms with Crippen LogP contribution in [0.1, 0.15) is 44.6 Å². The fourth-order valence-corrected chi connectivity index (χ4v) is 1.65. The van der Waals surface area contributed by atoms with Crippen molar-refractivity contribution in [3.8, 4) is 0 Å². The van der Waals surface area contributed by atoms with Crippen LogP contribution in [0.3, 0.4) is 0 Å². The summed E-state index contributed by atoms with van der Waals surface area (Å²) in [6.07, 6.45) is 1.95. The van der Waals surface area contributed by atoms with Gasteiger partial charge in [-0.15, -0.1) is 0 Å². The molecule has 0 bridgehead atoms. The lowest BCUT2D eigenvalue weighted by Gasteiger charge is -2.19. The molecule has 0 saturated carbocycles. The van der Waals surface area contributed by atoms with Crippen molar-refractivity contribution in [3.63, 3.8) is 0 Å². The van der Waals surface area contributed by atoms with E-state index in [0.29, 0.717) is 13.0 Å². The molecule has 0 spiro atoms. The van der Waals surface area contributed by atoms with E-state index < -0.39 is 6.10 Å². The molecule has 4 nitrogen and oxygen atoms in total. The van der Waals surface area contributed by atoms with Gasteiger partial charge in [0.2, 0.25) is 0 Å². The third-order valence-corrected chi connectivity index (χ3v) is 2.37. The molecule has 0 amide bonds. The van der Waals surface area contributed by atoms with E-state index in [-0.39, 0.29) is 5.41 Å². The number of hydrogen-bond acceptors (Lipinski definition) is 3. The Bertz CT molecular complexity index is 325. The minimum Gasteiger partial charge on any atom is -0.388 e. The third kappa shape index (κ3) is 2.79. The van der Waals surface area contributed by atoms with Crippen molar-refractivity contribution >= 4 is 0 Å². The number of rotatable bonds is 3. The highest BCUT2D eigenvalue weighted by molar-refractivity contribution is 5.26. The average molecular weight is 211 g/mol. The van der Waals surface area contributed by atoms with Crippen molar-refractivity contribution in [2.75, 3.05) is 6.54 Å². The molecule has 1 heterocycles. The number of aryl methyl sites for hydroxylation is 1. The van der Waals surface area contributed by atoms with Crippen molar-refractivity contribution in [2.24, 2.45) is 12.8 Å². The van der Waals surface area contributed by atoms with Gasteiger partial charge < -0.3 is 10.8 Å². The van der Waals surface area contributed by atoms with E-state index in [1.807, 2.05) is 13.2 Å². The highest BCUT2D eigenvalue weighted by Crippen LogP contribution is 2.29. The number of nitrogens with two attached hydrogens (primary N) is 1. The van der Waals surface area contributed by atoms with Crippen molar-refractivity contribution in [1.82, 2.24) is 9.78 Å². The Morgan fingerprint density at radius 2 is 2.13 bits per heavy atom. The number of hydrogen-bond donors (Lipinski definition) is 2. The molecule has 3 N–H and O–H groups in total. The van der Waals surface area contributed by atoms with Gasteiger partial charge in [0.1, 0.15) is 0 Å². The molecule has 0 aromatic carbocycles. The van der Waals surface area contributed by atoms with Gasteiger partial charge >= 0.3 is 0 Å². The Labute approximate surface area is 91.1 Å². The Morgan fingerprint density at radius 3 is 2.60 bits per heavy atom. The molecule has 4 heteroatoms. The molecule has 0 radical (unpaired) electrons. The fourth-order valence-electron chi connectivity index (χ4n) is 1.65. The largest absolute Gasteiger partial charge is 0.388 e. The van der Waals surface area contributed by atoms with Crippen LogP contribution in [0.2, 0.25) is 0 Å². The summed E-state index contributed by atoms with van der Waals surface area (Å²) in [7, 11) is 1.87. The van der Waals surface area contributed by atoms with Crippen molar-refractivity contribution in [2.45, 2.75) is 38.7 Å². The van der Waals surface area contributed by atoms with Gasteiger partial charge in [-0.2, -0.15) is 5.10 Å². The van der Waals surface area contributed by atoms with Crippen LogP contribution < -0.4 is 5.73 Å². The smallest absolute Gasteiger partial charge is 0.0835 e. The molecule has 1 aromatic heterocycles. The Morgan fingerprint density at radius 1 is 1.53 bits per heavy atom. The van der Waals surface area contributed by atoms with E-state index >= 15 is 0 Å².